The Labute approximate surface area is 224 Å². The van der Waals surface area contributed by atoms with E-state index in [2.05, 4.69) is 5.32 Å². The molecule has 1 N–H and O–H groups in total. The van der Waals surface area contributed by atoms with Crippen molar-refractivity contribution in [2.75, 3.05) is 23.9 Å². The molecular weight excluding hydrogens is 513 g/mol. The molecule has 0 fully saturated rings. The van der Waals surface area contributed by atoms with Crippen LogP contribution in [0.25, 0.3) is 0 Å². The molecule has 1 aliphatic heterocycles. The molecule has 2 aromatic rings. The zero-order valence-corrected chi connectivity index (χ0v) is 23.3. The number of hydrogen-bond donors (Lipinski definition) is 1. The van der Waals surface area contributed by atoms with Gasteiger partial charge in [0.1, 0.15) is 11.9 Å². The zero-order chi connectivity index (χ0) is 28.1. The summed E-state index contributed by atoms with van der Waals surface area (Å²) < 4.78 is 50.5. The summed E-state index contributed by atoms with van der Waals surface area (Å²) >= 11 is 0. The molecule has 0 saturated carbocycles. The summed E-state index contributed by atoms with van der Waals surface area (Å²) in [5, 5.41) is 2.93. The fraction of sp³-hybridized carbons (Fsp3) is 0.481. The molecule has 11 heteroatoms. The quantitative estimate of drug-likeness (QED) is 0.457. The Morgan fingerprint density at radius 3 is 2.34 bits per heavy atom. The van der Waals surface area contributed by atoms with E-state index in [9.17, 15) is 22.4 Å². The molecule has 0 spiro atoms. The number of ether oxygens (including phenoxy) is 2. The van der Waals surface area contributed by atoms with Crippen molar-refractivity contribution < 1.29 is 31.9 Å². The van der Waals surface area contributed by atoms with Gasteiger partial charge in [0.05, 0.1) is 11.9 Å². The predicted octanol–water partition coefficient (Wildman–Crippen LogP) is 3.82. The Kier molecular flexibility index (Phi) is 9.24. The molecular formula is C27H36FN3O6S. The van der Waals surface area contributed by atoms with Crippen molar-refractivity contribution in [2.24, 2.45) is 0 Å². The van der Waals surface area contributed by atoms with E-state index in [1.54, 1.807) is 30.3 Å². The van der Waals surface area contributed by atoms with Crippen LogP contribution in [0.15, 0.2) is 42.5 Å². The molecule has 0 aromatic heterocycles. The monoisotopic (exact) mass is 549 g/mol. The van der Waals surface area contributed by atoms with Gasteiger partial charge in [-0.05, 0) is 63.4 Å². The van der Waals surface area contributed by atoms with E-state index in [-0.39, 0.29) is 44.5 Å². The number of carbonyl (C=O) groups excluding carboxylic acids is 2. The van der Waals surface area contributed by atoms with Crippen LogP contribution in [0.2, 0.25) is 0 Å². The minimum atomic E-state index is -3.65. The Bertz CT molecular complexity index is 1240. The maximum absolute atomic E-state index is 13.5. The highest BCUT2D eigenvalue weighted by Crippen LogP contribution is 2.36. The van der Waals surface area contributed by atoms with Crippen LogP contribution in [0.4, 0.5) is 10.1 Å². The Hall–Kier alpha value is -3.34. The lowest BCUT2D eigenvalue weighted by atomic mass is 10.0. The van der Waals surface area contributed by atoms with Crippen LogP contribution in [0.1, 0.15) is 52.5 Å². The van der Waals surface area contributed by atoms with Crippen molar-refractivity contribution >= 4 is 27.5 Å². The number of fused-ring (bicyclic) bond motifs is 1. The fourth-order valence-electron chi connectivity index (χ4n) is 4.20. The highest BCUT2D eigenvalue weighted by Gasteiger charge is 2.31. The lowest BCUT2D eigenvalue weighted by molar-refractivity contribution is -0.142. The molecule has 0 bridgehead atoms. The summed E-state index contributed by atoms with van der Waals surface area (Å²) in [5.41, 5.74) is 0.596. The number of nitrogens with zero attached hydrogens (tertiary/aromatic N) is 2. The van der Waals surface area contributed by atoms with Gasteiger partial charge in [0, 0.05) is 31.1 Å². The normalized spacial score (nSPS) is 13.6. The molecule has 9 nitrogen and oxygen atoms in total. The van der Waals surface area contributed by atoms with Crippen LogP contribution in [-0.4, -0.2) is 56.3 Å². The standard InChI is InChI=1S/C27H36FN3O6S/c1-6-22(26(33)29-27(2,3)4)30(17-19-9-11-20(28)12-10-19)25(32)8-7-15-31(38(5,34)35)21-13-14-23-24(16-21)37-18-36-23/h9-14,16,22H,6-8,15,17-18H2,1-5H3,(H,29,33). The van der Waals surface area contributed by atoms with Gasteiger partial charge >= 0.3 is 0 Å². The SMILES string of the molecule is CCC(C(=O)NC(C)(C)C)N(Cc1ccc(F)cc1)C(=O)CCCN(c1ccc2c(c1)OCO2)S(C)(=O)=O. The molecule has 2 amide bonds. The molecule has 1 atom stereocenters. The Morgan fingerprint density at radius 2 is 1.74 bits per heavy atom. The molecule has 208 valence electrons. The molecule has 1 unspecified atom stereocenters. The number of benzene rings is 2. The van der Waals surface area contributed by atoms with E-state index in [0.717, 1.165) is 6.26 Å². The molecule has 0 radical (unpaired) electrons. The van der Waals surface area contributed by atoms with Crippen molar-refractivity contribution in [3.63, 3.8) is 0 Å². The summed E-state index contributed by atoms with van der Waals surface area (Å²) in [4.78, 5) is 28.1. The summed E-state index contributed by atoms with van der Waals surface area (Å²) in [7, 11) is -3.65. The Morgan fingerprint density at radius 1 is 1.08 bits per heavy atom. The van der Waals surface area contributed by atoms with E-state index >= 15 is 0 Å². The zero-order valence-electron chi connectivity index (χ0n) is 22.5. The van der Waals surface area contributed by atoms with Crippen LogP contribution in [0.3, 0.4) is 0 Å². The second kappa shape index (κ2) is 12.0. The first-order valence-electron chi connectivity index (χ1n) is 12.5. The van der Waals surface area contributed by atoms with Gasteiger partial charge in [-0.1, -0.05) is 19.1 Å². The van der Waals surface area contributed by atoms with Gasteiger partial charge in [-0.15, -0.1) is 0 Å². The number of carbonyl (C=O) groups is 2. The summed E-state index contributed by atoms with van der Waals surface area (Å²) in [6.07, 6.45) is 1.71. The molecule has 1 aliphatic rings. The maximum Gasteiger partial charge on any atom is 0.243 e. The number of sulfonamides is 1. The van der Waals surface area contributed by atoms with E-state index in [0.29, 0.717) is 29.2 Å². The highest BCUT2D eigenvalue weighted by molar-refractivity contribution is 7.92. The fourth-order valence-corrected chi connectivity index (χ4v) is 5.16. The minimum Gasteiger partial charge on any atom is -0.454 e. The van der Waals surface area contributed by atoms with E-state index < -0.39 is 27.4 Å². The molecule has 38 heavy (non-hydrogen) atoms. The third-order valence-electron chi connectivity index (χ3n) is 5.95. The van der Waals surface area contributed by atoms with E-state index in [1.807, 2.05) is 27.7 Å². The van der Waals surface area contributed by atoms with Gasteiger partial charge in [-0.25, -0.2) is 12.8 Å². The van der Waals surface area contributed by atoms with Gasteiger partial charge < -0.3 is 19.7 Å². The highest BCUT2D eigenvalue weighted by atomic mass is 32.2. The number of anilines is 1. The third-order valence-corrected chi connectivity index (χ3v) is 7.14. The Balaban J connectivity index is 1.77. The number of hydrogen-bond acceptors (Lipinski definition) is 6. The van der Waals surface area contributed by atoms with Crippen molar-refractivity contribution in [2.45, 2.75) is 65.1 Å². The molecule has 2 aromatic carbocycles. The lowest BCUT2D eigenvalue weighted by Crippen LogP contribution is -2.53. The number of halogens is 1. The van der Waals surface area contributed by atoms with Crippen LogP contribution in [0, 0.1) is 5.82 Å². The topological polar surface area (TPSA) is 105 Å². The maximum atomic E-state index is 13.5. The number of nitrogens with one attached hydrogen (secondary N) is 1. The smallest absolute Gasteiger partial charge is 0.243 e. The molecule has 0 aliphatic carbocycles. The van der Waals surface area contributed by atoms with Gasteiger partial charge in [0.15, 0.2) is 11.5 Å². The summed E-state index contributed by atoms with van der Waals surface area (Å²) in [5.74, 6) is 0.00721. The van der Waals surface area contributed by atoms with Crippen molar-refractivity contribution in [3.05, 3.63) is 53.8 Å². The van der Waals surface area contributed by atoms with Gasteiger partial charge in [-0.3, -0.25) is 13.9 Å². The van der Waals surface area contributed by atoms with Gasteiger partial charge in [0.2, 0.25) is 28.6 Å². The lowest BCUT2D eigenvalue weighted by Gasteiger charge is -2.33. The van der Waals surface area contributed by atoms with Crippen LogP contribution >= 0.6 is 0 Å². The predicted molar refractivity (Wildman–Crippen MR) is 143 cm³/mol. The van der Waals surface area contributed by atoms with Gasteiger partial charge in [0.25, 0.3) is 0 Å². The second-order valence-corrected chi connectivity index (χ2v) is 12.2. The van der Waals surface area contributed by atoms with Crippen LogP contribution in [0.5, 0.6) is 11.5 Å². The first kappa shape index (κ1) is 29.2. The number of amides is 2. The van der Waals surface area contributed by atoms with Crippen LogP contribution in [-0.2, 0) is 26.2 Å². The largest absolute Gasteiger partial charge is 0.454 e. The van der Waals surface area contributed by atoms with Gasteiger partial charge in [-0.2, -0.15) is 0 Å². The molecule has 3 rings (SSSR count). The first-order valence-corrected chi connectivity index (χ1v) is 14.4. The van der Waals surface area contributed by atoms with Crippen LogP contribution < -0.4 is 19.1 Å². The first-order chi connectivity index (χ1) is 17.8. The van der Waals surface area contributed by atoms with Crippen molar-refractivity contribution in [3.8, 4) is 11.5 Å². The van der Waals surface area contributed by atoms with Crippen molar-refractivity contribution in [1.82, 2.24) is 10.2 Å². The molecule has 0 saturated heterocycles. The van der Waals surface area contributed by atoms with E-state index in [4.69, 9.17) is 9.47 Å². The second-order valence-electron chi connectivity index (χ2n) is 10.3. The van der Waals surface area contributed by atoms with Crippen molar-refractivity contribution in [1.29, 1.82) is 0 Å². The average Bonchev–Trinajstić information content (AvgIpc) is 3.29. The number of rotatable bonds is 11. The minimum absolute atomic E-state index is 0.0110. The summed E-state index contributed by atoms with van der Waals surface area (Å²) in [6.45, 7) is 7.64. The molecule has 1 heterocycles. The third kappa shape index (κ3) is 7.83. The summed E-state index contributed by atoms with van der Waals surface area (Å²) in [6, 6.07) is 9.89. The van der Waals surface area contributed by atoms with E-state index in [1.165, 1.54) is 21.3 Å². The average molecular weight is 550 g/mol.